The van der Waals surface area contributed by atoms with Crippen molar-refractivity contribution in [1.29, 1.82) is 0 Å². The summed E-state index contributed by atoms with van der Waals surface area (Å²) in [6, 6.07) is 11.7. The lowest BCUT2D eigenvalue weighted by molar-refractivity contribution is 0.415. The molecule has 5 heteroatoms. The van der Waals surface area contributed by atoms with Crippen LogP contribution >= 0.6 is 0 Å². The summed E-state index contributed by atoms with van der Waals surface area (Å²) < 4.78 is 5.17. The Kier molecular flexibility index (Phi) is 2.57. The van der Waals surface area contributed by atoms with Crippen molar-refractivity contribution in [3.8, 4) is 17.0 Å². The molecule has 4 aromatic rings. The van der Waals surface area contributed by atoms with Gasteiger partial charge >= 0.3 is 0 Å². The Balaban J connectivity index is 1.86. The van der Waals surface area contributed by atoms with Gasteiger partial charge in [0.25, 0.3) is 0 Å². The second-order valence-corrected chi connectivity index (χ2v) is 4.78. The highest BCUT2D eigenvalue weighted by Gasteiger charge is 2.05. The number of aromatic nitrogens is 4. The molecule has 1 N–H and O–H groups in total. The normalized spacial score (nSPS) is 11.1. The highest BCUT2D eigenvalue weighted by Crippen LogP contribution is 2.23. The summed E-state index contributed by atoms with van der Waals surface area (Å²) in [6.07, 6.45) is 3.57. The van der Waals surface area contributed by atoms with E-state index in [2.05, 4.69) is 20.2 Å². The SMILES string of the molecule is COc1ccc(-c2cnc3cc4cn[nH]c4cc3n2)cc1. The van der Waals surface area contributed by atoms with E-state index < -0.39 is 0 Å². The molecule has 0 spiro atoms. The summed E-state index contributed by atoms with van der Waals surface area (Å²) in [4.78, 5) is 9.17. The molecule has 0 aliphatic carbocycles. The molecule has 102 valence electrons. The summed E-state index contributed by atoms with van der Waals surface area (Å²) in [5.74, 6) is 0.826. The van der Waals surface area contributed by atoms with Crippen molar-refractivity contribution in [3.05, 3.63) is 48.8 Å². The number of H-pyrrole nitrogens is 1. The molecule has 0 atom stereocenters. The second kappa shape index (κ2) is 4.56. The zero-order chi connectivity index (χ0) is 14.2. The summed E-state index contributed by atoms with van der Waals surface area (Å²) in [6.45, 7) is 0. The number of hydrogen-bond donors (Lipinski definition) is 1. The number of methoxy groups -OCH3 is 1. The molecule has 0 radical (unpaired) electrons. The summed E-state index contributed by atoms with van der Waals surface area (Å²) in [7, 11) is 1.65. The molecule has 2 heterocycles. The standard InChI is InChI=1S/C16H12N4O/c1-21-12-4-2-10(3-5-12)16-9-17-14-6-11-8-18-20-13(11)7-15(14)19-16/h2-9H,1H3,(H,18,20). The average Bonchev–Trinajstić information content (AvgIpc) is 2.99. The van der Waals surface area contributed by atoms with Crippen LogP contribution in [-0.2, 0) is 0 Å². The summed E-state index contributed by atoms with van der Waals surface area (Å²) in [5.41, 5.74) is 4.52. The lowest BCUT2D eigenvalue weighted by Crippen LogP contribution is -1.89. The Bertz CT molecular complexity index is 928. The maximum atomic E-state index is 5.17. The van der Waals surface area contributed by atoms with Gasteiger partial charge in [0.05, 0.1) is 41.7 Å². The van der Waals surface area contributed by atoms with E-state index in [0.29, 0.717) is 0 Å². The number of hydrogen-bond acceptors (Lipinski definition) is 4. The zero-order valence-corrected chi connectivity index (χ0v) is 11.4. The van der Waals surface area contributed by atoms with Crippen LogP contribution in [0.15, 0.2) is 48.8 Å². The first-order valence-corrected chi connectivity index (χ1v) is 6.58. The first-order chi connectivity index (χ1) is 10.3. The van der Waals surface area contributed by atoms with E-state index in [-0.39, 0.29) is 0 Å². The van der Waals surface area contributed by atoms with E-state index in [9.17, 15) is 0 Å². The highest BCUT2D eigenvalue weighted by atomic mass is 16.5. The number of benzene rings is 2. The van der Waals surface area contributed by atoms with Crippen LogP contribution in [0.2, 0.25) is 0 Å². The number of nitrogens with zero attached hydrogens (tertiary/aromatic N) is 3. The van der Waals surface area contributed by atoms with Crippen LogP contribution in [-0.4, -0.2) is 27.3 Å². The molecule has 0 amide bonds. The van der Waals surface area contributed by atoms with Crippen molar-refractivity contribution in [3.63, 3.8) is 0 Å². The van der Waals surface area contributed by atoms with Gasteiger partial charge in [-0.1, -0.05) is 0 Å². The van der Waals surface area contributed by atoms with E-state index in [4.69, 9.17) is 4.74 Å². The van der Waals surface area contributed by atoms with Crippen LogP contribution in [0.3, 0.4) is 0 Å². The molecule has 0 fully saturated rings. The van der Waals surface area contributed by atoms with E-state index in [0.717, 1.165) is 38.9 Å². The second-order valence-electron chi connectivity index (χ2n) is 4.78. The molecule has 0 bridgehead atoms. The van der Waals surface area contributed by atoms with Gasteiger partial charge in [0.2, 0.25) is 0 Å². The molecular weight excluding hydrogens is 264 g/mol. The van der Waals surface area contributed by atoms with E-state index >= 15 is 0 Å². The van der Waals surface area contributed by atoms with Crippen molar-refractivity contribution in [2.75, 3.05) is 7.11 Å². The first kappa shape index (κ1) is 11.8. The largest absolute Gasteiger partial charge is 0.497 e. The van der Waals surface area contributed by atoms with Gasteiger partial charge in [-0.2, -0.15) is 5.10 Å². The third kappa shape index (κ3) is 1.99. The fraction of sp³-hybridized carbons (Fsp3) is 0.0625. The van der Waals surface area contributed by atoms with E-state index in [1.54, 1.807) is 19.5 Å². The molecule has 21 heavy (non-hydrogen) atoms. The molecule has 0 unspecified atom stereocenters. The van der Waals surface area contributed by atoms with Crippen molar-refractivity contribution in [1.82, 2.24) is 20.2 Å². The Morgan fingerprint density at radius 3 is 2.67 bits per heavy atom. The van der Waals surface area contributed by atoms with Gasteiger partial charge in [-0.3, -0.25) is 10.1 Å². The van der Waals surface area contributed by atoms with Crippen molar-refractivity contribution in [2.24, 2.45) is 0 Å². The lowest BCUT2D eigenvalue weighted by atomic mass is 10.1. The van der Waals surface area contributed by atoms with Crippen LogP contribution in [0.1, 0.15) is 0 Å². The fourth-order valence-electron chi connectivity index (χ4n) is 2.35. The number of rotatable bonds is 2. The first-order valence-electron chi connectivity index (χ1n) is 6.58. The van der Waals surface area contributed by atoms with Crippen LogP contribution < -0.4 is 4.74 Å². The summed E-state index contributed by atoms with van der Waals surface area (Å²) >= 11 is 0. The minimum atomic E-state index is 0.826. The molecule has 0 aliphatic heterocycles. The lowest BCUT2D eigenvalue weighted by Gasteiger charge is -2.04. The van der Waals surface area contributed by atoms with Gasteiger partial charge in [0, 0.05) is 10.9 Å². The Morgan fingerprint density at radius 2 is 1.86 bits per heavy atom. The fourth-order valence-corrected chi connectivity index (χ4v) is 2.35. The molecule has 4 rings (SSSR count). The highest BCUT2D eigenvalue weighted by molar-refractivity contribution is 5.92. The predicted octanol–water partition coefficient (Wildman–Crippen LogP) is 3.18. The maximum absolute atomic E-state index is 5.17. The smallest absolute Gasteiger partial charge is 0.118 e. The minimum Gasteiger partial charge on any atom is -0.497 e. The van der Waals surface area contributed by atoms with Gasteiger partial charge < -0.3 is 4.74 Å². The van der Waals surface area contributed by atoms with E-state index in [1.807, 2.05) is 36.4 Å². The van der Waals surface area contributed by atoms with Crippen molar-refractivity contribution in [2.45, 2.75) is 0 Å². The molecule has 0 saturated carbocycles. The third-order valence-corrected chi connectivity index (χ3v) is 3.49. The van der Waals surface area contributed by atoms with Crippen LogP contribution in [0, 0.1) is 0 Å². The van der Waals surface area contributed by atoms with Gasteiger partial charge in [-0.15, -0.1) is 0 Å². The number of nitrogens with one attached hydrogen (secondary N) is 1. The number of ether oxygens (including phenoxy) is 1. The molecular formula is C16H12N4O. The quantitative estimate of drug-likeness (QED) is 0.610. The van der Waals surface area contributed by atoms with Crippen LogP contribution in [0.4, 0.5) is 0 Å². The molecule has 2 aromatic heterocycles. The van der Waals surface area contributed by atoms with Gasteiger partial charge in [-0.25, -0.2) is 4.98 Å². The number of fused-ring (bicyclic) bond motifs is 2. The molecule has 2 aromatic carbocycles. The molecule has 5 nitrogen and oxygen atoms in total. The Labute approximate surface area is 120 Å². The topological polar surface area (TPSA) is 63.7 Å². The molecule has 0 saturated heterocycles. The third-order valence-electron chi connectivity index (χ3n) is 3.49. The van der Waals surface area contributed by atoms with Gasteiger partial charge in [-0.05, 0) is 36.4 Å². The monoisotopic (exact) mass is 276 g/mol. The van der Waals surface area contributed by atoms with Gasteiger partial charge in [0.1, 0.15) is 5.75 Å². The molecule has 0 aliphatic rings. The number of aromatic amines is 1. The minimum absolute atomic E-state index is 0.826. The van der Waals surface area contributed by atoms with Crippen LogP contribution in [0.5, 0.6) is 5.75 Å². The predicted molar refractivity (Wildman–Crippen MR) is 81.2 cm³/mol. The summed E-state index contributed by atoms with van der Waals surface area (Å²) in [5, 5.41) is 8.02. The van der Waals surface area contributed by atoms with Gasteiger partial charge in [0.15, 0.2) is 0 Å². The maximum Gasteiger partial charge on any atom is 0.118 e. The van der Waals surface area contributed by atoms with E-state index in [1.165, 1.54) is 0 Å². The van der Waals surface area contributed by atoms with Crippen molar-refractivity contribution >= 4 is 21.9 Å². The Hall–Kier alpha value is -2.95. The Morgan fingerprint density at radius 1 is 1.00 bits per heavy atom. The van der Waals surface area contributed by atoms with Crippen LogP contribution in [0.25, 0.3) is 33.2 Å². The zero-order valence-electron chi connectivity index (χ0n) is 11.4. The van der Waals surface area contributed by atoms with Crippen molar-refractivity contribution < 1.29 is 4.74 Å². The average molecular weight is 276 g/mol.